The van der Waals surface area contributed by atoms with E-state index in [4.69, 9.17) is 10.5 Å². The van der Waals surface area contributed by atoms with Gasteiger partial charge in [0.25, 0.3) is 5.56 Å². The summed E-state index contributed by atoms with van der Waals surface area (Å²) in [6, 6.07) is 3.50. The average Bonchev–Trinajstić information content (AvgIpc) is 2.64. The molecule has 0 unspecified atom stereocenters. The van der Waals surface area contributed by atoms with Gasteiger partial charge in [-0.25, -0.2) is 4.79 Å². The van der Waals surface area contributed by atoms with Gasteiger partial charge in [-0.15, -0.1) is 0 Å². The number of rotatable bonds is 7. The molecule has 0 saturated carbocycles. The zero-order chi connectivity index (χ0) is 21.0. The standard InChI is InChI=1S/C19H24N4O5/c1-11(2)9-23-17(20)16(18(26)22(4)19(23)27)14(24)10-28-15(25)7-13-6-5-12(3)21-8-13/h5-6,8,11H,7,9-10,20H2,1-4H3. The highest BCUT2D eigenvalue weighted by Gasteiger charge is 2.23. The van der Waals surface area contributed by atoms with Gasteiger partial charge in [0.2, 0.25) is 5.78 Å². The molecule has 0 bridgehead atoms. The van der Waals surface area contributed by atoms with Crippen LogP contribution in [0.4, 0.5) is 5.82 Å². The zero-order valence-electron chi connectivity index (χ0n) is 16.4. The van der Waals surface area contributed by atoms with Gasteiger partial charge in [0, 0.05) is 25.5 Å². The van der Waals surface area contributed by atoms with Crippen LogP contribution in [0, 0.1) is 12.8 Å². The van der Waals surface area contributed by atoms with Crippen LogP contribution in [0.25, 0.3) is 0 Å². The summed E-state index contributed by atoms with van der Waals surface area (Å²) in [5, 5.41) is 0. The van der Waals surface area contributed by atoms with Gasteiger partial charge in [0.15, 0.2) is 6.61 Å². The number of nitrogen functional groups attached to an aromatic ring is 1. The second kappa shape index (κ2) is 8.64. The van der Waals surface area contributed by atoms with Gasteiger partial charge in [0.05, 0.1) is 6.42 Å². The minimum absolute atomic E-state index is 0.0547. The first-order valence-electron chi connectivity index (χ1n) is 8.81. The quantitative estimate of drug-likeness (QED) is 0.539. The third-order valence-electron chi connectivity index (χ3n) is 4.10. The SMILES string of the molecule is Cc1ccc(CC(=O)OCC(=O)c2c(N)n(CC(C)C)c(=O)n(C)c2=O)cn1. The summed E-state index contributed by atoms with van der Waals surface area (Å²) in [7, 11) is 1.27. The fourth-order valence-electron chi connectivity index (χ4n) is 2.63. The molecule has 9 nitrogen and oxygen atoms in total. The van der Waals surface area contributed by atoms with Crippen LogP contribution in [0.2, 0.25) is 0 Å². The van der Waals surface area contributed by atoms with E-state index < -0.39 is 29.6 Å². The fraction of sp³-hybridized carbons (Fsp3) is 0.421. The van der Waals surface area contributed by atoms with Crippen molar-refractivity contribution in [1.29, 1.82) is 0 Å². The summed E-state index contributed by atoms with van der Waals surface area (Å²) in [5.41, 5.74) is 5.62. The van der Waals surface area contributed by atoms with Gasteiger partial charge in [-0.3, -0.25) is 28.5 Å². The number of carbonyl (C=O) groups is 2. The van der Waals surface area contributed by atoms with Crippen molar-refractivity contribution in [3.63, 3.8) is 0 Å². The molecule has 28 heavy (non-hydrogen) atoms. The van der Waals surface area contributed by atoms with Crippen LogP contribution >= 0.6 is 0 Å². The Bertz CT molecular complexity index is 1000. The lowest BCUT2D eigenvalue weighted by Crippen LogP contribution is -2.43. The molecule has 0 saturated heterocycles. The number of aromatic nitrogens is 3. The molecule has 2 aromatic rings. The molecule has 150 valence electrons. The number of aryl methyl sites for hydroxylation is 1. The van der Waals surface area contributed by atoms with Crippen molar-refractivity contribution < 1.29 is 14.3 Å². The Balaban J connectivity index is 2.18. The van der Waals surface area contributed by atoms with E-state index in [-0.39, 0.29) is 30.3 Å². The first-order valence-corrected chi connectivity index (χ1v) is 8.81. The molecule has 9 heteroatoms. The number of pyridine rings is 1. The van der Waals surface area contributed by atoms with Crippen LogP contribution in [-0.2, 0) is 29.5 Å². The summed E-state index contributed by atoms with van der Waals surface area (Å²) in [4.78, 5) is 53.2. The number of anilines is 1. The van der Waals surface area contributed by atoms with Crippen LogP contribution < -0.4 is 17.0 Å². The molecule has 0 aliphatic carbocycles. The highest BCUT2D eigenvalue weighted by Crippen LogP contribution is 2.09. The maximum atomic E-state index is 12.5. The van der Waals surface area contributed by atoms with E-state index in [2.05, 4.69) is 4.98 Å². The normalized spacial score (nSPS) is 10.9. The Labute approximate surface area is 161 Å². The van der Waals surface area contributed by atoms with Crippen LogP contribution in [0.15, 0.2) is 27.9 Å². The molecular formula is C19H24N4O5. The van der Waals surface area contributed by atoms with Gasteiger partial charge in [-0.1, -0.05) is 19.9 Å². The first kappa shape index (κ1) is 21.1. The number of esters is 1. The van der Waals surface area contributed by atoms with Crippen molar-refractivity contribution in [2.75, 3.05) is 12.3 Å². The maximum Gasteiger partial charge on any atom is 0.332 e. The van der Waals surface area contributed by atoms with Crippen molar-refractivity contribution in [3.05, 3.63) is 56.0 Å². The van der Waals surface area contributed by atoms with E-state index in [1.54, 1.807) is 18.3 Å². The summed E-state index contributed by atoms with van der Waals surface area (Å²) in [6.45, 7) is 5.18. The molecule has 2 heterocycles. The fourth-order valence-corrected chi connectivity index (χ4v) is 2.63. The summed E-state index contributed by atoms with van der Waals surface area (Å²) >= 11 is 0. The van der Waals surface area contributed by atoms with Gasteiger partial charge in [0.1, 0.15) is 11.4 Å². The lowest BCUT2D eigenvalue weighted by Gasteiger charge is -2.16. The predicted octanol–water partition coefficient (Wildman–Crippen LogP) is 0.457. The number of Topliss-reactive ketones (excluding diaryl/α,β-unsaturated/α-hetero) is 1. The smallest absolute Gasteiger partial charge is 0.332 e. The number of nitrogens with zero attached hydrogens (tertiary/aromatic N) is 3. The number of hydrogen-bond acceptors (Lipinski definition) is 7. The summed E-state index contributed by atoms with van der Waals surface area (Å²) in [6.07, 6.45) is 1.49. The highest BCUT2D eigenvalue weighted by molar-refractivity contribution is 6.01. The highest BCUT2D eigenvalue weighted by atomic mass is 16.5. The largest absolute Gasteiger partial charge is 0.457 e. The number of nitrogens with two attached hydrogens (primary N) is 1. The van der Waals surface area contributed by atoms with Crippen LogP contribution in [0.1, 0.15) is 35.5 Å². The van der Waals surface area contributed by atoms with Crippen LogP contribution in [0.5, 0.6) is 0 Å². The minimum atomic E-state index is -0.814. The van der Waals surface area contributed by atoms with E-state index in [1.165, 1.54) is 11.6 Å². The number of hydrogen-bond donors (Lipinski definition) is 1. The molecule has 2 aromatic heterocycles. The van der Waals surface area contributed by atoms with Gasteiger partial charge in [-0.2, -0.15) is 0 Å². The zero-order valence-corrected chi connectivity index (χ0v) is 16.4. The molecule has 2 N–H and O–H groups in total. The van der Waals surface area contributed by atoms with E-state index in [0.717, 1.165) is 10.3 Å². The Morgan fingerprint density at radius 2 is 1.93 bits per heavy atom. The van der Waals surface area contributed by atoms with E-state index in [9.17, 15) is 19.2 Å². The second-order valence-corrected chi connectivity index (χ2v) is 6.98. The molecule has 0 amide bonds. The van der Waals surface area contributed by atoms with Crippen molar-refractivity contribution in [1.82, 2.24) is 14.1 Å². The molecule has 0 fully saturated rings. The molecule has 0 atom stereocenters. The number of ether oxygens (including phenoxy) is 1. The molecule has 0 spiro atoms. The van der Waals surface area contributed by atoms with Gasteiger partial charge in [-0.05, 0) is 24.5 Å². The predicted molar refractivity (Wildman–Crippen MR) is 103 cm³/mol. The van der Waals surface area contributed by atoms with Crippen LogP contribution in [-0.4, -0.2) is 32.5 Å². The molecule has 2 rings (SSSR count). The van der Waals surface area contributed by atoms with Crippen molar-refractivity contribution in [2.24, 2.45) is 13.0 Å². The van der Waals surface area contributed by atoms with Crippen molar-refractivity contribution in [2.45, 2.75) is 33.7 Å². The first-order chi connectivity index (χ1) is 13.1. The summed E-state index contributed by atoms with van der Waals surface area (Å²) in [5.74, 6) is -1.54. The van der Waals surface area contributed by atoms with Gasteiger partial charge >= 0.3 is 11.7 Å². The average molecular weight is 388 g/mol. The van der Waals surface area contributed by atoms with E-state index in [1.807, 2.05) is 20.8 Å². The second-order valence-electron chi connectivity index (χ2n) is 6.98. The number of ketones is 1. The molecular weight excluding hydrogens is 364 g/mol. The lowest BCUT2D eigenvalue weighted by molar-refractivity contribution is -0.141. The number of carbonyl (C=O) groups excluding carboxylic acids is 2. The minimum Gasteiger partial charge on any atom is -0.457 e. The topological polar surface area (TPSA) is 126 Å². The molecule has 0 aromatic carbocycles. The monoisotopic (exact) mass is 388 g/mol. The van der Waals surface area contributed by atoms with Gasteiger partial charge < -0.3 is 10.5 Å². The molecule has 0 radical (unpaired) electrons. The molecule has 0 aliphatic heterocycles. The van der Waals surface area contributed by atoms with Crippen molar-refractivity contribution >= 4 is 17.6 Å². The van der Waals surface area contributed by atoms with Crippen molar-refractivity contribution in [3.8, 4) is 0 Å². The van der Waals surface area contributed by atoms with E-state index in [0.29, 0.717) is 5.56 Å². The molecule has 0 aliphatic rings. The Morgan fingerprint density at radius 1 is 1.25 bits per heavy atom. The third kappa shape index (κ3) is 4.73. The lowest BCUT2D eigenvalue weighted by atomic mass is 10.1. The Kier molecular flexibility index (Phi) is 6.50. The van der Waals surface area contributed by atoms with E-state index >= 15 is 0 Å². The maximum absolute atomic E-state index is 12.5. The Hall–Kier alpha value is -3.23. The van der Waals surface area contributed by atoms with Crippen LogP contribution in [0.3, 0.4) is 0 Å². The summed E-state index contributed by atoms with van der Waals surface area (Å²) < 4.78 is 6.99. The third-order valence-corrected chi connectivity index (χ3v) is 4.10. The Morgan fingerprint density at radius 3 is 2.50 bits per heavy atom.